The molecular formula is C16H33N5. The lowest BCUT2D eigenvalue weighted by Crippen LogP contribution is -2.39. The first-order valence-corrected chi connectivity index (χ1v) is 8.64. The fraction of sp³-hybridized carbons (Fsp3) is 0.938. The number of nitrogens with zero attached hydrogens (tertiary/aromatic N) is 3. The zero-order chi connectivity index (χ0) is 15.1. The van der Waals surface area contributed by atoms with Gasteiger partial charge in [-0.25, -0.2) is 0 Å². The van der Waals surface area contributed by atoms with Crippen molar-refractivity contribution in [1.82, 2.24) is 20.4 Å². The van der Waals surface area contributed by atoms with E-state index in [1.165, 1.54) is 45.6 Å². The van der Waals surface area contributed by atoms with Crippen LogP contribution < -0.4 is 10.6 Å². The Morgan fingerprint density at radius 2 is 2.05 bits per heavy atom. The van der Waals surface area contributed by atoms with Crippen molar-refractivity contribution < 1.29 is 0 Å². The molecular weight excluding hydrogens is 262 g/mol. The van der Waals surface area contributed by atoms with Crippen LogP contribution >= 0.6 is 0 Å². The van der Waals surface area contributed by atoms with E-state index in [-0.39, 0.29) is 0 Å². The summed E-state index contributed by atoms with van der Waals surface area (Å²) in [5, 5.41) is 6.86. The largest absolute Gasteiger partial charge is 0.357 e. The molecule has 2 fully saturated rings. The highest BCUT2D eigenvalue weighted by atomic mass is 15.2. The van der Waals surface area contributed by atoms with Gasteiger partial charge in [0.25, 0.3) is 0 Å². The summed E-state index contributed by atoms with van der Waals surface area (Å²) in [5.41, 5.74) is 0. The molecule has 5 heteroatoms. The van der Waals surface area contributed by atoms with Gasteiger partial charge in [0.15, 0.2) is 5.96 Å². The van der Waals surface area contributed by atoms with Gasteiger partial charge < -0.3 is 20.4 Å². The molecule has 0 aromatic heterocycles. The average Bonchev–Trinajstić information content (AvgIpc) is 3.18. The molecule has 0 bridgehead atoms. The van der Waals surface area contributed by atoms with E-state index in [4.69, 9.17) is 4.99 Å². The van der Waals surface area contributed by atoms with Gasteiger partial charge in [-0.05, 0) is 58.8 Å². The van der Waals surface area contributed by atoms with Gasteiger partial charge in [0, 0.05) is 32.2 Å². The summed E-state index contributed by atoms with van der Waals surface area (Å²) in [6.07, 6.45) is 3.73. The molecule has 2 N–H and O–H groups in total. The summed E-state index contributed by atoms with van der Waals surface area (Å²) in [7, 11) is 2.22. The summed E-state index contributed by atoms with van der Waals surface area (Å²) >= 11 is 0. The summed E-state index contributed by atoms with van der Waals surface area (Å²) in [6, 6.07) is 0.643. The monoisotopic (exact) mass is 295 g/mol. The van der Waals surface area contributed by atoms with Crippen LogP contribution in [0.3, 0.4) is 0 Å². The molecule has 0 amide bonds. The first-order valence-electron chi connectivity index (χ1n) is 8.64. The van der Waals surface area contributed by atoms with Gasteiger partial charge in [-0.1, -0.05) is 6.92 Å². The number of hydrogen-bond donors (Lipinski definition) is 2. The van der Waals surface area contributed by atoms with Crippen molar-refractivity contribution in [3.63, 3.8) is 0 Å². The Balaban J connectivity index is 1.64. The molecule has 1 aliphatic carbocycles. The van der Waals surface area contributed by atoms with Gasteiger partial charge in [0.05, 0.1) is 0 Å². The van der Waals surface area contributed by atoms with Crippen molar-refractivity contribution in [2.45, 2.75) is 39.2 Å². The average molecular weight is 295 g/mol. The molecule has 1 heterocycles. The number of hydrogen-bond acceptors (Lipinski definition) is 3. The molecule has 5 nitrogen and oxygen atoms in total. The van der Waals surface area contributed by atoms with Gasteiger partial charge in [0.1, 0.15) is 0 Å². The molecule has 0 aromatic carbocycles. The second kappa shape index (κ2) is 8.59. The lowest BCUT2D eigenvalue weighted by atomic mass is 10.3. The van der Waals surface area contributed by atoms with E-state index in [1.807, 2.05) is 0 Å². The summed E-state index contributed by atoms with van der Waals surface area (Å²) < 4.78 is 0. The molecule has 1 aliphatic heterocycles. The quantitative estimate of drug-likeness (QED) is 0.435. The van der Waals surface area contributed by atoms with Crippen molar-refractivity contribution in [1.29, 1.82) is 0 Å². The van der Waals surface area contributed by atoms with Gasteiger partial charge in [-0.15, -0.1) is 0 Å². The molecule has 1 saturated carbocycles. The Morgan fingerprint density at radius 1 is 1.24 bits per heavy atom. The van der Waals surface area contributed by atoms with Gasteiger partial charge >= 0.3 is 0 Å². The van der Waals surface area contributed by atoms with Crippen molar-refractivity contribution >= 4 is 5.96 Å². The van der Waals surface area contributed by atoms with E-state index in [1.54, 1.807) is 0 Å². The number of aliphatic imine (C=N–C) groups is 1. The molecule has 2 unspecified atom stereocenters. The van der Waals surface area contributed by atoms with Crippen LogP contribution in [0.2, 0.25) is 0 Å². The molecule has 122 valence electrons. The molecule has 0 spiro atoms. The standard InChI is InChI=1S/C16H33N5/c1-4-17-16(19-15-13-14(15)2)18-7-5-9-21-10-6-8-20(3)11-12-21/h14-15H,4-13H2,1-3H3,(H2,17,18,19). The molecule has 1 saturated heterocycles. The maximum Gasteiger partial charge on any atom is 0.191 e. The van der Waals surface area contributed by atoms with Crippen LogP contribution in [-0.4, -0.2) is 74.7 Å². The second-order valence-corrected chi connectivity index (χ2v) is 6.58. The van der Waals surface area contributed by atoms with Crippen LogP contribution in [0.4, 0.5) is 0 Å². The third kappa shape index (κ3) is 6.22. The third-order valence-corrected chi connectivity index (χ3v) is 4.49. The second-order valence-electron chi connectivity index (χ2n) is 6.58. The van der Waals surface area contributed by atoms with Gasteiger partial charge in [0.2, 0.25) is 0 Å². The highest BCUT2D eigenvalue weighted by Crippen LogP contribution is 2.28. The minimum Gasteiger partial charge on any atom is -0.357 e. The summed E-state index contributed by atoms with van der Waals surface area (Å²) in [4.78, 5) is 9.73. The van der Waals surface area contributed by atoms with Crippen molar-refractivity contribution in [3.05, 3.63) is 0 Å². The molecule has 2 atom stereocenters. The van der Waals surface area contributed by atoms with Gasteiger partial charge in [-0.2, -0.15) is 0 Å². The fourth-order valence-electron chi connectivity index (χ4n) is 2.83. The van der Waals surface area contributed by atoms with E-state index in [2.05, 4.69) is 41.3 Å². The minimum absolute atomic E-state index is 0.643. The van der Waals surface area contributed by atoms with Crippen LogP contribution in [0.25, 0.3) is 0 Å². The zero-order valence-electron chi connectivity index (χ0n) is 14.1. The number of nitrogens with one attached hydrogen (secondary N) is 2. The van der Waals surface area contributed by atoms with E-state index < -0.39 is 0 Å². The lowest BCUT2D eigenvalue weighted by molar-refractivity contribution is 0.275. The lowest BCUT2D eigenvalue weighted by Gasteiger charge is -2.19. The molecule has 0 radical (unpaired) electrons. The van der Waals surface area contributed by atoms with Gasteiger partial charge in [-0.3, -0.25) is 4.99 Å². The Bertz CT molecular complexity index is 331. The van der Waals surface area contributed by atoms with Crippen LogP contribution in [0.1, 0.15) is 33.1 Å². The van der Waals surface area contributed by atoms with E-state index in [0.717, 1.165) is 31.4 Å². The Morgan fingerprint density at radius 3 is 2.76 bits per heavy atom. The minimum atomic E-state index is 0.643. The maximum atomic E-state index is 4.71. The molecule has 2 aliphatic rings. The first-order chi connectivity index (χ1) is 10.2. The Hall–Kier alpha value is -0.810. The third-order valence-electron chi connectivity index (χ3n) is 4.49. The molecule has 0 aromatic rings. The molecule has 21 heavy (non-hydrogen) atoms. The van der Waals surface area contributed by atoms with Crippen LogP contribution in [-0.2, 0) is 0 Å². The predicted molar refractivity (Wildman–Crippen MR) is 89.9 cm³/mol. The normalized spacial score (nSPS) is 28.2. The predicted octanol–water partition coefficient (Wildman–Crippen LogP) is 0.978. The summed E-state index contributed by atoms with van der Waals surface area (Å²) in [6.45, 7) is 12.3. The SMILES string of the molecule is CCNC(=NCCCN1CCCN(C)CC1)NC1CC1C. The van der Waals surface area contributed by atoms with Crippen LogP contribution in [0, 0.1) is 5.92 Å². The van der Waals surface area contributed by atoms with Crippen molar-refractivity contribution in [2.75, 3.05) is 52.9 Å². The summed E-state index contributed by atoms with van der Waals surface area (Å²) in [5.74, 6) is 1.81. The van der Waals surface area contributed by atoms with Crippen molar-refractivity contribution in [3.8, 4) is 0 Å². The number of guanidine groups is 1. The van der Waals surface area contributed by atoms with E-state index in [0.29, 0.717) is 6.04 Å². The smallest absolute Gasteiger partial charge is 0.191 e. The van der Waals surface area contributed by atoms with Crippen LogP contribution in [0.5, 0.6) is 0 Å². The Kier molecular flexibility index (Phi) is 6.77. The fourth-order valence-corrected chi connectivity index (χ4v) is 2.83. The van der Waals surface area contributed by atoms with Crippen LogP contribution in [0.15, 0.2) is 4.99 Å². The highest BCUT2D eigenvalue weighted by molar-refractivity contribution is 5.80. The van der Waals surface area contributed by atoms with E-state index in [9.17, 15) is 0 Å². The highest BCUT2D eigenvalue weighted by Gasteiger charge is 2.33. The number of rotatable bonds is 6. The Labute approximate surface area is 130 Å². The van der Waals surface area contributed by atoms with E-state index >= 15 is 0 Å². The maximum absolute atomic E-state index is 4.71. The topological polar surface area (TPSA) is 42.9 Å². The first kappa shape index (κ1) is 16.6. The van der Waals surface area contributed by atoms with Crippen molar-refractivity contribution in [2.24, 2.45) is 10.9 Å². The number of likely N-dealkylation sites (N-methyl/N-ethyl adjacent to an activating group) is 1. The molecule has 2 rings (SSSR count). The zero-order valence-corrected chi connectivity index (χ0v) is 14.1.